The van der Waals surface area contributed by atoms with E-state index in [0.29, 0.717) is 6.04 Å². The van der Waals surface area contributed by atoms with Crippen LogP contribution in [0.1, 0.15) is 52.4 Å². The average molecular weight is 211 g/mol. The highest BCUT2D eigenvalue weighted by molar-refractivity contribution is 4.90. The average Bonchev–Trinajstić information content (AvgIpc) is 2.93. The third-order valence-corrected chi connectivity index (χ3v) is 3.67. The Balaban J connectivity index is 1.78. The standard InChI is InChI=1S/C13H25NO/c1-11(2)14-10-13(7-3-4-8-13)15-9-12-5-6-12/h11-12,14H,3-10H2,1-2H3. The summed E-state index contributed by atoms with van der Waals surface area (Å²) in [5, 5.41) is 3.55. The largest absolute Gasteiger partial charge is 0.373 e. The van der Waals surface area contributed by atoms with Crippen molar-refractivity contribution in [3.05, 3.63) is 0 Å². The number of hydrogen-bond acceptors (Lipinski definition) is 2. The van der Waals surface area contributed by atoms with Crippen LogP contribution in [0.3, 0.4) is 0 Å². The molecule has 0 aromatic heterocycles. The van der Waals surface area contributed by atoms with E-state index in [9.17, 15) is 0 Å². The van der Waals surface area contributed by atoms with Gasteiger partial charge in [-0.3, -0.25) is 0 Å². The van der Waals surface area contributed by atoms with Crippen LogP contribution in [0.2, 0.25) is 0 Å². The molecule has 2 fully saturated rings. The van der Waals surface area contributed by atoms with E-state index in [4.69, 9.17) is 4.74 Å². The van der Waals surface area contributed by atoms with Crippen LogP contribution in [0.4, 0.5) is 0 Å². The second kappa shape index (κ2) is 4.84. The molecule has 15 heavy (non-hydrogen) atoms. The molecule has 2 heteroatoms. The minimum absolute atomic E-state index is 0.187. The molecule has 2 aliphatic rings. The molecule has 0 amide bonds. The van der Waals surface area contributed by atoms with Gasteiger partial charge in [-0.2, -0.15) is 0 Å². The van der Waals surface area contributed by atoms with Gasteiger partial charge in [0.2, 0.25) is 0 Å². The van der Waals surface area contributed by atoms with Crippen molar-refractivity contribution in [2.24, 2.45) is 5.92 Å². The molecule has 0 radical (unpaired) electrons. The minimum atomic E-state index is 0.187. The summed E-state index contributed by atoms with van der Waals surface area (Å²) < 4.78 is 6.20. The van der Waals surface area contributed by atoms with Crippen molar-refractivity contribution < 1.29 is 4.74 Å². The first-order chi connectivity index (χ1) is 7.20. The van der Waals surface area contributed by atoms with Crippen LogP contribution >= 0.6 is 0 Å². The fourth-order valence-corrected chi connectivity index (χ4v) is 2.36. The first-order valence-electron chi connectivity index (χ1n) is 6.58. The lowest BCUT2D eigenvalue weighted by atomic mass is 10.0. The highest BCUT2D eigenvalue weighted by Crippen LogP contribution is 2.36. The van der Waals surface area contributed by atoms with Crippen molar-refractivity contribution in [1.82, 2.24) is 5.32 Å². The molecule has 0 saturated heterocycles. The molecule has 0 aliphatic heterocycles. The van der Waals surface area contributed by atoms with Crippen LogP contribution in [-0.2, 0) is 4.74 Å². The van der Waals surface area contributed by atoms with Gasteiger partial charge in [0.05, 0.1) is 12.2 Å². The van der Waals surface area contributed by atoms with E-state index in [-0.39, 0.29) is 5.60 Å². The van der Waals surface area contributed by atoms with Gasteiger partial charge in [0, 0.05) is 12.6 Å². The molecule has 0 spiro atoms. The first kappa shape index (κ1) is 11.4. The number of rotatable bonds is 6. The quantitative estimate of drug-likeness (QED) is 0.729. The normalized spacial score (nSPS) is 25.0. The van der Waals surface area contributed by atoms with Crippen molar-refractivity contribution in [3.63, 3.8) is 0 Å². The number of hydrogen-bond donors (Lipinski definition) is 1. The van der Waals surface area contributed by atoms with Gasteiger partial charge in [-0.25, -0.2) is 0 Å². The number of nitrogens with one attached hydrogen (secondary N) is 1. The van der Waals surface area contributed by atoms with Gasteiger partial charge in [-0.05, 0) is 31.6 Å². The molecule has 1 N–H and O–H groups in total. The monoisotopic (exact) mass is 211 g/mol. The maximum Gasteiger partial charge on any atom is 0.0806 e. The zero-order chi connectivity index (χ0) is 10.7. The third-order valence-electron chi connectivity index (χ3n) is 3.67. The lowest BCUT2D eigenvalue weighted by Gasteiger charge is -2.31. The lowest BCUT2D eigenvalue weighted by Crippen LogP contribution is -2.43. The zero-order valence-electron chi connectivity index (χ0n) is 10.2. The molecule has 0 atom stereocenters. The molecule has 2 aliphatic carbocycles. The van der Waals surface area contributed by atoms with E-state index in [1.807, 2.05) is 0 Å². The molecule has 0 heterocycles. The zero-order valence-corrected chi connectivity index (χ0v) is 10.2. The van der Waals surface area contributed by atoms with E-state index in [1.54, 1.807) is 0 Å². The van der Waals surface area contributed by atoms with Gasteiger partial charge in [-0.15, -0.1) is 0 Å². The Morgan fingerprint density at radius 1 is 1.27 bits per heavy atom. The van der Waals surface area contributed by atoms with Crippen LogP contribution in [0, 0.1) is 5.92 Å². The molecule has 2 nitrogen and oxygen atoms in total. The fourth-order valence-electron chi connectivity index (χ4n) is 2.36. The van der Waals surface area contributed by atoms with Crippen LogP contribution in [-0.4, -0.2) is 24.8 Å². The Bertz CT molecular complexity index is 185. The molecular weight excluding hydrogens is 186 g/mol. The maximum atomic E-state index is 6.20. The Morgan fingerprint density at radius 3 is 2.47 bits per heavy atom. The molecule has 0 unspecified atom stereocenters. The van der Waals surface area contributed by atoms with E-state index in [1.165, 1.54) is 38.5 Å². The van der Waals surface area contributed by atoms with Crippen LogP contribution in [0.25, 0.3) is 0 Å². The second-order valence-electron chi connectivity index (χ2n) is 5.68. The molecule has 0 aromatic carbocycles. The number of ether oxygens (including phenoxy) is 1. The van der Waals surface area contributed by atoms with Gasteiger partial charge in [0.1, 0.15) is 0 Å². The summed E-state index contributed by atoms with van der Waals surface area (Å²) in [6.45, 7) is 6.49. The summed E-state index contributed by atoms with van der Waals surface area (Å²) in [5.41, 5.74) is 0.187. The summed E-state index contributed by atoms with van der Waals surface area (Å²) in [7, 11) is 0. The summed E-state index contributed by atoms with van der Waals surface area (Å²) >= 11 is 0. The van der Waals surface area contributed by atoms with Crippen LogP contribution in [0.5, 0.6) is 0 Å². The van der Waals surface area contributed by atoms with Gasteiger partial charge >= 0.3 is 0 Å². The predicted molar refractivity (Wildman–Crippen MR) is 63.0 cm³/mol. The maximum absolute atomic E-state index is 6.20. The van der Waals surface area contributed by atoms with Crippen molar-refractivity contribution in [2.75, 3.05) is 13.2 Å². The van der Waals surface area contributed by atoms with E-state index in [0.717, 1.165) is 19.1 Å². The second-order valence-corrected chi connectivity index (χ2v) is 5.68. The smallest absolute Gasteiger partial charge is 0.0806 e. The molecule has 0 aromatic rings. The fraction of sp³-hybridized carbons (Fsp3) is 1.00. The summed E-state index contributed by atoms with van der Waals surface area (Å²) in [6.07, 6.45) is 8.02. The van der Waals surface area contributed by atoms with Gasteiger partial charge in [0.25, 0.3) is 0 Å². The van der Waals surface area contributed by atoms with Gasteiger partial charge in [0.15, 0.2) is 0 Å². The molecule has 0 bridgehead atoms. The Labute approximate surface area is 93.8 Å². The minimum Gasteiger partial charge on any atom is -0.373 e. The van der Waals surface area contributed by atoms with Crippen LogP contribution < -0.4 is 5.32 Å². The SMILES string of the molecule is CC(C)NCC1(OCC2CC2)CCCC1. The van der Waals surface area contributed by atoms with Crippen molar-refractivity contribution in [1.29, 1.82) is 0 Å². The Hall–Kier alpha value is -0.0800. The molecule has 2 rings (SSSR count). The first-order valence-corrected chi connectivity index (χ1v) is 6.58. The van der Waals surface area contributed by atoms with E-state index >= 15 is 0 Å². The predicted octanol–water partition coefficient (Wildman–Crippen LogP) is 2.72. The van der Waals surface area contributed by atoms with Gasteiger partial charge < -0.3 is 10.1 Å². The van der Waals surface area contributed by atoms with Crippen LogP contribution in [0.15, 0.2) is 0 Å². The molecule has 2 saturated carbocycles. The topological polar surface area (TPSA) is 21.3 Å². The van der Waals surface area contributed by atoms with Crippen molar-refractivity contribution in [3.8, 4) is 0 Å². The van der Waals surface area contributed by atoms with E-state index < -0.39 is 0 Å². The van der Waals surface area contributed by atoms with Crippen molar-refractivity contribution >= 4 is 0 Å². The Morgan fingerprint density at radius 2 is 1.93 bits per heavy atom. The molecule has 88 valence electrons. The highest BCUT2D eigenvalue weighted by Gasteiger charge is 2.36. The molecular formula is C13H25NO. The summed E-state index contributed by atoms with van der Waals surface area (Å²) in [6, 6.07) is 0.576. The summed E-state index contributed by atoms with van der Waals surface area (Å²) in [4.78, 5) is 0. The third kappa shape index (κ3) is 3.46. The van der Waals surface area contributed by atoms with Crippen molar-refractivity contribution in [2.45, 2.75) is 64.0 Å². The summed E-state index contributed by atoms with van der Waals surface area (Å²) in [5.74, 6) is 0.890. The van der Waals surface area contributed by atoms with Gasteiger partial charge in [-0.1, -0.05) is 26.7 Å². The lowest BCUT2D eigenvalue weighted by molar-refractivity contribution is -0.0453. The highest BCUT2D eigenvalue weighted by atomic mass is 16.5. The Kier molecular flexibility index (Phi) is 3.68. The van der Waals surface area contributed by atoms with E-state index in [2.05, 4.69) is 19.2 Å².